The third kappa shape index (κ3) is 5.74. The van der Waals surface area contributed by atoms with E-state index in [1.54, 1.807) is 48.5 Å². The molecule has 12 nitrogen and oxygen atoms in total. The number of piperazine rings is 1. The van der Waals surface area contributed by atoms with E-state index in [-0.39, 0.29) is 51.2 Å². The van der Waals surface area contributed by atoms with E-state index in [1.807, 2.05) is 0 Å². The van der Waals surface area contributed by atoms with Crippen molar-refractivity contribution in [2.75, 3.05) is 52.6 Å². The quantitative estimate of drug-likeness (QED) is 0.488. The van der Waals surface area contributed by atoms with Crippen molar-refractivity contribution < 1.29 is 47.6 Å². The van der Waals surface area contributed by atoms with Crippen molar-refractivity contribution in [3.63, 3.8) is 0 Å². The first kappa shape index (κ1) is 25.2. The molecule has 0 bridgehead atoms. The molecule has 3 aliphatic heterocycles. The number of amides is 2. The number of rotatable bonds is 6. The van der Waals surface area contributed by atoms with Gasteiger partial charge in [-0.1, -0.05) is 24.3 Å². The van der Waals surface area contributed by atoms with Crippen molar-refractivity contribution in [3.8, 4) is 23.0 Å². The summed E-state index contributed by atoms with van der Waals surface area (Å²) < 4.78 is 32.4. The fourth-order valence-corrected chi connectivity index (χ4v) is 4.11. The van der Waals surface area contributed by atoms with Gasteiger partial charge in [0.15, 0.2) is 36.2 Å². The first-order chi connectivity index (χ1) is 18.5. The van der Waals surface area contributed by atoms with Gasteiger partial charge in [0.25, 0.3) is 11.8 Å². The zero-order valence-electron chi connectivity index (χ0n) is 20.4. The Morgan fingerprint density at radius 1 is 0.632 bits per heavy atom. The number of ether oxygens (including phenoxy) is 6. The predicted molar refractivity (Wildman–Crippen MR) is 128 cm³/mol. The maximum absolute atomic E-state index is 12.5. The lowest BCUT2D eigenvalue weighted by Crippen LogP contribution is -2.52. The maximum Gasteiger partial charge on any atom is 0.351 e. The Hall–Kier alpha value is -4.48. The molecule has 0 aliphatic carbocycles. The van der Waals surface area contributed by atoms with Crippen LogP contribution < -0.4 is 18.9 Å². The normalized spacial score (nSPS) is 19.8. The van der Waals surface area contributed by atoms with Crippen LogP contribution in [0.4, 0.5) is 0 Å². The van der Waals surface area contributed by atoms with Crippen LogP contribution in [-0.2, 0) is 28.7 Å². The van der Waals surface area contributed by atoms with Gasteiger partial charge in [0.1, 0.15) is 13.2 Å². The Morgan fingerprint density at radius 2 is 1.00 bits per heavy atom. The van der Waals surface area contributed by atoms with Gasteiger partial charge in [-0.3, -0.25) is 9.59 Å². The molecule has 1 fully saturated rings. The van der Waals surface area contributed by atoms with E-state index in [0.29, 0.717) is 23.0 Å². The minimum absolute atomic E-state index is 0.0113. The summed E-state index contributed by atoms with van der Waals surface area (Å²) >= 11 is 0. The van der Waals surface area contributed by atoms with Crippen LogP contribution in [0.3, 0.4) is 0 Å². The zero-order valence-corrected chi connectivity index (χ0v) is 20.4. The molecule has 3 aliphatic rings. The summed E-state index contributed by atoms with van der Waals surface area (Å²) in [4.78, 5) is 52.7. The molecule has 0 saturated carbocycles. The first-order valence-electron chi connectivity index (χ1n) is 12.1. The SMILES string of the molecule is O=C(OCC(=O)N1CCN(C(=O)COC(=O)C2COc3ccccc3O2)CC1)C1COc2ccccc2O1. The smallest absolute Gasteiger partial charge is 0.351 e. The highest BCUT2D eigenvalue weighted by atomic mass is 16.6. The van der Waals surface area contributed by atoms with Gasteiger partial charge < -0.3 is 38.2 Å². The molecule has 1 saturated heterocycles. The topological polar surface area (TPSA) is 130 Å². The van der Waals surface area contributed by atoms with Gasteiger partial charge in [0.05, 0.1) is 0 Å². The third-order valence-corrected chi connectivity index (χ3v) is 6.20. The highest BCUT2D eigenvalue weighted by molar-refractivity contribution is 5.84. The van der Waals surface area contributed by atoms with Gasteiger partial charge in [-0.05, 0) is 24.3 Å². The van der Waals surface area contributed by atoms with E-state index in [1.165, 1.54) is 9.80 Å². The molecule has 2 aromatic rings. The lowest BCUT2D eigenvalue weighted by Gasteiger charge is -2.34. The van der Waals surface area contributed by atoms with Crippen molar-refractivity contribution in [1.82, 2.24) is 9.80 Å². The van der Waals surface area contributed by atoms with Crippen molar-refractivity contribution >= 4 is 23.8 Å². The number of carbonyl (C=O) groups is 4. The second kappa shape index (κ2) is 11.3. The van der Waals surface area contributed by atoms with E-state index >= 15 is 0 Å². The number of hydrogen-bond acceptors (Lipinski definition) is 10. The van der Waals surface area contributed by atoms with E-state index in [9.17, 15) is 19.2 Å². The maximum atomic E-state index is 12.5. The Balaban J connectivity index is 1.00. The fraction of sp³-hybridized carbons (Fsp3) is 0.385. The second-order valence-electron chi connectivity index (χ2n) is 8.71. The van der Waals surface area contributed by atoms with Gasteiger partial charge in [0, 0.05) is 26.2 Å². The minimum Gasteiger partial charge on any atom is -0.485 e. The van der Waals surface area contributed by atoms with E-state index < -0.39 is 37.4 Å². The lowest BCUT2D eigenvalue weighted by molar-refractivity contribution is -0.162. The van der Waals surface area contributed by atoms with Crippen LogP contribution in [0, 0.1) is 0 Å². The van der Waals surface area contributed by atoms with Gasteiger partial charge in [-0.2, -0.15) is 0 Å². The molecule has 3 heterocycles. The molecule has 2 unspecified atom stereocenters. The molecule has 0 N–H and O–H groups in total. The van der Waals surface area contributed by atoms with Crippen LogP contribution in [0.25, 0.3) is 0 Å². The molecule has 200 valence electrons. The summed E-state index contributed by atoms with van der Waals surface area (Å²) in [5.74, 6) is -0.216. The highest BCUT2D eigenvalue weighted by Gasteiger charge is 2.32. The van der Waals surface area contributed by atoms with Crippen molar-refractivity contribution in [1.29, 1.82) is 0 Å². The van der Waals surface area contributed by atoms with E-state index in [4.69, 9.17) is 28.4 Å². The van der Waals surface area contributed by atoms with E-state index in [2.05, 4.69) is 0 Å². The number of esters is 2. The number of para-hydroxylation sites is 4. The number of hydrogen-bond donors (Lipinski definition) is 0. The molecule has 12 heteroatoms. The summed E-state index contributed by atoms with van der Waals surface area (Å²) in [6, 6.07) is 13.9. The van der Waals surface area contributed by atoms with Crippen molar-refractivity contribution in [2.24, 2.45) is 0 Å². The molecule has 38 heavy (non-hydrogen) atoms. The predicted octanol–water partition coefficient (Wildman–Crippen LogP) is 0.424. The molecule has 0 aromatic heterocycles. The monoisotopic (exact) mass is 526 g/mol. The fourth-order valence-electron chi connectivity index (χ4n) is 4.11. The molecule has 2 aromatic carbocycles. The lowest BCUT2D eigenvalue weighted by atomic mass is 10.2. The number of benzene rings is 2. The molecule has 0 radical (unpaired) electrons. The van der Waals surface area contributed by atoms with Gasteiger partial charge >= 0.3 is 11.9 Å². The van der Waals surface area contributed by atoms with Crippen LogP contribution in [0.2, 0.25) is 0 Å². The Morgan fingerprint density at radius 3 is 1.39 bits per heavy atom. The highest BCUT2D eigenvalue weighted by Crippen LogP contribution is 2.32. The van der Waals surface area contributed by atoms with Crippen molar-refractivity contribution in [2.45, 2.75) is 12.2 Å². The number of carbonyl (C=O) groups excluding carboxylic acids is 4. The van der Waals surface area contributed by atoms with Crippen LogP contribution in [0.15, 0.2) is 48.5 Å². The molecular weight excluding hydrogens is 500 g/mol. The van der Waals surface area contributed by atoms with Crippen LogP contribution in [-0.4, -0.2) is 98.4 Å². The molecule has 2 amide bonds. The average Bonchev–Trinajstić information content (AvgIpc) is 2.97. The Labute approximate surface area is 217 Å². The number of nitrogens with zero attached hydrogens (tertiary/aromatic N) is 2. The molecule has 5 rings (SSSR count). The first-order valence-corrected chi connectivity index (χ1v) is 12.1. The Bertz CT molecular complexity index is 1120. The molecular formula is C26H26N2O10. The van der Waals surface area contributed by atoms with Crippen LogP contribution in [0.1, 0.15) is 0 Å². The summed E-state index contributed by atoms with van der Waals surface area (Å²) in [7, 11) is 0. The van der Waals surface area contributed by atoms with Gasteiger partial charge in [-0.15, -0.1) is 0 Å². The number of fused-ring (bicyclic) bond motifs is 2. The summed E-state index contributed by atoms with van der Waals surface area (Å²) in [5.41, 5.74) is 0. The zero-order chi connectivity index (χ0) is 26.5. The largest absolute Gasteiger partial charge is 0.485 e. The molecule has 2 atom stereocenters. The standard InChI is InChI=1S/C26H26N2O10/c29-23(15-35-25(31)21-13-33-17-5-1-3-7-19(17)37-21)27-9-11-28(12-10-27)24(30)16-36-26(32)22-14-34-18-6-2-4-8-20(18)38-22/h1-8,21-22H,9-16H2. The van der Waals surface area contributed by atoms with Gasteiger partial charge in [0.2, 0.25) is 12.2 Å². The van der Waals surface area contributed by atoms with Gasteiger partial charge in [-0.25, -0.2) is 9.59 Å². The third-order valence-electron chi connectivity index (χ3n) is 6.20. The Kier molecular flexibility index (Phi) is 7.47. The average molecular weight is 526 g/mol. The summed E-state index contributed by atoms with van der Waals surface area (Å²) in [6.45, 7) is 0.0968. The van der Waals surface area contributed by atoms with Crippen molar-refractivity contribution in [3.05, 3.63) is 48.5 Å². The van der Waals surface area contributed by atoms with Crippen LogP contribution >= 0.6 is 0 Å². The molecule has 0 spiro atoms. The minimum atomic E-state index is -0.963. The summed E-state index contributed by atoms with van der Waals surface area (Å²) in [6.07, 6.45) is -1.93. The second-order valence-corrected chi connectivity index (χ2v) is 8.71. The summed E-state index contributed by atoms with van der Waals surface area (Å²) in [5, 5.41) is 0. The van der Waals surface area contributed by atoms with Crippen LogP contribution in [0.5, 0.6) is 23.0 Å². The van der Waals surface area contributed by atoms with E-state index in [0.717, 1.165) is 0 Å².